The second kappa shape index (κ2) is 11.6. The van der Waals surface area contributed by atoms with Gasteiger partial charge in [0.2, 0.25) is 5.89 Å². The van der Waals surface area contributed by atoms with Gasteiger partial charge in [-0.3, -0.25) is 4.79 Å². The molecule has 8 heteroatoms. The summed E-state index contributed by atoms with van der Waals surface area (Å²) in [5, 5.41) is 12.4. The molecule has 186 valence electrons. The molecule has 2 N–H and O–H groups in total. The van der Waals surface area contributed by atoms with Gasteiger partial charge in [0, 0.05) is 18.5 Å². The molecule has 0 aliphatic rings. The molecule has 6 nitrogen and oxygen atoms in total. The molecule has 0 saturated carbocycles. The SMILES string of the molecule is Cc1oc(-c2ccccc2)nc1CCOc1ccc(C[C@H](NCc2ccc(F)c(F)c2)C(=O)O)cc1. The minimum Gasteiger partial charge on any atom is -0.493 e. The Morgan fingerprint density at radius 2 is 1.75 bits per heavy atom. The average molecular weight is 493 g/mol. The second-order valence-corrected chi connectivity index (χ2v) is 8.35. The van der Waals surface area contributed by atoms with E-state index in [1.165, 1.54) is 6.07 Å². The maximum Gasteiger partial charge on any atom is 0.321 e. The van der Waals surface area contributed by atoms with Crippen LogP contribution in [0.3, 0.4) is 0 Å². The van der Waals surface area contributed by atoms with Gasteiger partial charge in [0.05, 0.1) is 12.3 Å². The summed E-state index contributed by atoms with van der Waals surface area (Å²) in [5.74, 6) is -0.946. The van der Waals surface area contributed by atoms with Crippen LogP contribution in [0.25, 0.3) is 11.5 Å². The summed E-state index contributed by atoms with van der Waals surface area (Å²) in [6.07, 6.45) is 0.804. The fraction of sp³-hybridized carbons (Fsp3) is 0.214. The van der Waals surface area contributed by atoms with Crippen molar-refractivity contribution in [2.45, 2.75) is 32.4 Å². The van der Waals surface area contributed by atoms with Crippen LogP contribution in [0, 0.1) is 18.6 Å². The largest absolute Gasteiger partial charge is 0.493 e. The van der Waals surface area contributed by atoms with Gasteiger partial charge in [-0.2, -0.15) is 0 Å². The van der Waals surface area contributed by atoms with Crippen molar-refractivity contribution in [1.82, 2.24) is 10.3 Å². The molecule has 36 heavy (non-hydrogen) atoms. The van der Waals surface area contributed by atoms with E-state index in [0.717, 1.165) is 34.7 Å². The molecule has 0 aliphatic carbocycles. The number of hydrogen-bond donors (Lipinski definition) is 2. The molecule has 0 unspecified atom stereocenters. The Bertz CT molecular complexity index is 1310. The molecule has 0 saturated heterocycles. The molecule has 0 bridgehead atoms. The number of oxazole rings is 1. The number of carbonyl (C=O) groups is 1. The lowest BCUT2D eigenvalue weighted by molar-refractivity contribution is -0.139. The first-order valence-corrected chi connectivity index (χ1v) is 11.5. The monoisotopic (exact) mass is 492 g/mol. The third kappa shape index (κ3) is 6.55. The van der Waals surface area contributed by atoms with Crippen LogP contribution >= 0.6 is 0 Å². The van der Waals surface area contributed by atoms with Gasteiger partial charge in [-0.05, 0) is 60.9 Å². The second-order valence-electron chi connectivity index (χ2n) is 8.35. The number of benzene rings is 3. The summed E-state index contributed by atoms with van der Waals surface area (Å²) in [6.45, 7) is 2.39. The number of hydrogen-bond acceptors (Lipinski definition) is 5. The first-order chi connectivity index (χ1) is 17.4. The Balaban J connectivity index is 1.28. The Kier molecular flexibility index (Phi) is 8.07. The molecular formula is C28H26F2N2O4. The van der Waals surface area contributed by atoms with Gasteiger partial charge in [0.15, 0.2) is 11.6 Å². The molecule has 4 aromatic rings. The highest BCUT2D eigenvalue weighted by atomic mass is 19.2. The highest BCUT2D eigenvalue weighted by Gasteiger charge is 2.18. The van der Waals surface area contributed by atoms with E-state index in [2.05, 4.69) is 10.3 Å². The Hall–Kier alpha value is -4.04. The van der Waals surface area contributed by atoms with Crippen LogP contribution in [0.2, 0.25) is 0 Å². The topological polar surface area (TPSA) is 84.6 Å². The average Bonchev–Trinajstić information content (AvgIpc) is 3.25. The van der Waals surface area contributed by atoms with Gasteiger partial charge in [-0.1, -0.05) is 36.4 Å². The molecule has 0 fully saturated rings. The summed E-state index contributed by atoms with van der Waals surface area (Å²) in [5.41, 5.74) is 3.01. The summed E-state index contributed by atoms with van der Waals surface area (Å²) in [7, 11) is 0. The molecule has 1 atom stereocenters. The van der Waals surface area contributed by atoms with Crippen molar-refractivity contribution >= 4 is 5.97 Å². The molecule has 0 amide bonds. The molecule has 4 rings (SSSR count). The summed E-state index contributed by atoms with van der Waals surface area (Å²) in [6, 6.07) is 19.5. The van der Waals surface area contributed by atoms with E-state index in [4.69, 9.17) is 9.15 Å². The number of rotatable bonds is 11. The van der Waals surface area contributed by atoms with Gasteiger partial charge >= 0.3 is 5.97 Å². The highest BCUT2D eigenvalue weighted by Crippen LogP contribution is 2.22. The number of aromatic nitrogens is 1. The van der Waals surface area contributed by atoms with Crippen LogP contribution in [0.1, 0.15) is 22.6 Å². The van der Waals surface area contributed by atoms with Crippen molar-refractivity contribution in [3.63, 3.8) is 0 Å². The van der Waals surface area contributed by atoms with E-state index in [1.54, 1.807) is 24.3 Å². The maximum absolute atomic E-state index is 13.4. The number of aliphatic carboxylic acids is 1. The summed E-state index contributed by atoms with van der Waals surface area (Å²) >= 11 is 0. The van der Waals surface area contributed by atoms with Crippen LogP contribution in [-0.4, -0.2) is 28.7 Å². The van der Waals surface area contributed by atoms with E-state index in [1.807, 2.05) is 37.3 Å². The zero-order valence-electron chi connectivity index (χ0n) is 19.7. The first-order valence-electron chi connectivity index (χ1n) is 11.5. The minimum atomic E-state index is -1.03. The van der Waals surface area contributed by atoms with E-state index in [9.17, 15) is 18.7 Å². The lowest BCUT2D eigenvalue weighted by Gasteiger charge is -2.15. The van der Waals surface area contributed by atoms with Gasteiger partial charge in [0.1, 0.15) is 17.6 Å². The third-order valence-corrected chi connectivity index (χ3v) is 5.72. The normalized spacial score (nSPS) is 11.9. The lowest BCUT2D eigenvalue weighted by Crippen LogP contribution is -2.38. The number of carboxylic acid groups (broad SMARTS) is 1. The standard InChI is InChI=1S/C28H26F2N2O4/c1-18-25(32-27(36-18)21-5-3-2-4-6-21)13-14-35-22-10-7-19(8-11-22)16-26(28(33)34)31-17-20-9-12-23(29)24(30)15-20/h2-12,15,26,31H,13-14,16-17H2,1H3,(H,33,34)/t26-/m0/s1. The van der Waals surface area contributed by atoms with Gasteiger partial charge < -0.3 is 19.6 Å². The van der Waals surface area contributed by atoms with E-state index in [0.29, 0.717) is 30.2 Å². The smallest absolute Gasteiger partial charge is 0.321 e. The quantitative estimate of drug-likeness (QED) is 0.294. The lowest BCUT2D eigenvalue weighted by atomic mass is 10.1. The predicted molar refractivity (Wildman–Crippen MR) is 131 cm³/mol. The number of aryl methyl sites for hydroxylation is 1. The minimum absolute atomic E-state index is 0.100. The van der Waals surface area contributed by atoms with Gasteiger partial charge in [0.25, 0.3) is 0 Å². The zero-order chi connectivity index (χ0) is 25.5. The molecule has 1 aromatic heterocycles. The number of nitrogens with one attached hydrogen (secondary N) is 1. The van der Waals surface area contributed by atoms with Crippen LogP contribution in [0.4, 0.5) is 8.78 Å². The van der Waals surface area contributed by atoms with E-state index < -0.39 is 23.6 Å². The van der Waals surface area contributed by atoms with Crippen LogP contribution < -0.4 is 10.1 Å². The molecule has 0 spiro atoms. The predicted octanol–water partition coefficient (Wildman–Crippen LogP) is 5.34. The third-order valence-electron chi connectivity index (χ3n) is 5.72. The van der Waals surface area contributed by atoms with Crippen molar-refractivity contribution in [3.05, 3.63) is 107 Å². The van der Waals surface area contributed by atoms with Crippen LogP contribution in [0.5, 0.6) is 5.75 Å². The van der Waals surface area contributed by atoms with Crippen molar-refractivity contribution in [2.75, 3.05) is 6.61 Å². The van der Waals surface area contributed by atoms with E-state index >= 15 is 0 Å². The van der Waals surface area contributed by atoms with Gasteiger partial charge in [-0.15, -0.1) is 0 Å². The zero-order valence-corrected chi connectivity index (χ0v) is 19.7. The van der Waals surface area contributed by atoms with Crippen molar-refractivity contribution < 1.29 is 27.8 Å². The molecular weight excluding hydrogens is 466 g/mol. The van der Waals surface area contributed by atoms with Crippen molar-refractivity contribution in [2.24, 2.45) is 0 Å². The molecule has 0 radical (unpaired) electrons. The van der Waals surface area contributed by atoms with Crippen LogP contribution in [-0.2, 0) is 24.2 Å². The maximum atomic E-state index is 13.4. The number of halogens is 2. The fourth-order valence-electron chi connectivity index (χ4n) is 3.72. The molecule has 0 aliphatic heterocycles. The first kappa shape index (κ1) is 25.1. The Morgan fingerprint density at radius 3 is 2.44 bits per heavy atom. The van der Waals surface area contributed by atoms with Crippen molar-refractivity contribution in [3.8, 4) is 17.2 Å². The van der Waals surface area contributed by atoms with Crippen LogP contribution in [0.15, 0.2) is 77.2 Å². The fourth-order valence-corrected chi connectivity index (χ4v) is 3.72. The highest BCUT2D eigenvalue weighted by molar-refractivity contribution is 5.74. The Labute approximate surface area is 207 Å². The number of nitrogens with zero attached hydrogens (tertiary/aromatic N) is 1. The Morgan fingerprint density at radius 1 is 1.03 bits per heavy atom. The van der Waals surface area contributed by atoms with Crippen molar-refractivity contribution in [1.29, 1.82) is 0 Å². The number of carboxylic acids is 1. The molecule has 1 heterocycles. The van der Waals surface area contributed by atoms with Gasteiger partial charge in [-0.25, -0.2) is 13.8 Å². The van der Waals surface area contributed by atoms with E-state index in [-0.39, 0.29) is 13.0 Å². The molecule has 3 aromatic carbocycles. The number of ether oxygens (including phenoxy) is 1. The summed E-state index contributed by atoms with van der Waals surface area (Å²) in [4.78, 5) is 16.2. The summed E-state index contributed by atoms with van der Waals surface area (Å²) < 4.78 is 38.1.